The number of rotatable bonds is 4. The molecular weight excluding hydrogens is 327 g/mol. The fourth-order valence-corrected chi connectivity index (χ4v) is 2.18. The van der Waals surface area contributed by atoms with Gasteiger partial charge in [-0.15, -0.1) is 0 Å². The van der Waals surface area contributed by atoms with E-state index in [1.807, 2.05) is 30.3 Å². The van der Waals surface area contributed by atoms with Crippen molar-refractivity contribution < 1.29 is 14.1 Å². The maximum absolute atomic E-state index is 13.1. The third kappa shape index (κ3) is 3.63. The van der Waals surface area contributed by atoms with Crippen molar-refractivity contribution in [3.8, 4) is 11.4 Å². The van der Waals surface area contributed by atoms with Gasteiger partial charge in [0.1, 0.15) is 11.4 Å². The van der Waals surface area contributed by atoms with E-state index < -0.39 is 22.3 Å². The minimum atomic E-state index is -0.813. The van der Waals surface area contributed by atoms with Crippen LogP contribution in [0.15, 0.2) is 60.9 Å². The summed E-state index contributed by atoms with van der Waals surface area (Å²) in [6, 6.07) is 12.0. The van der Waals surface area contributed by atoms with Crippen molar-refractivity contribution in [2.75, 3.05) is 5.32 Å². The number of nitrogens with zero attached hydrogens (tertiary/aromatic N) is 3. The van der Waals surface area contributed by atoms with Crippen LogP contribution in [-0.2, 0) is 0 Å². The number of hydrogen-bond donors (Lipinski definition) is 1. The van der Waals surface area contributed by atoms with E-state index in [9.17, 15) is 19.3 Å². The summed E-state index contributed by atoms with van der Waals surface area (Å²) in [6.45, 7) is 0. The summed E-state index contributed by atoms with van der Waals surface area (Å²) in [5, 5.41) is 13.4. The van der Waals surface area contributed by atoms with E-state index in [0.29, 0.717) is 11.9 Å². The van der Waals surface area contributed by atoms with Crippen molar-refractivity contribution in [2.24, 2.45) is 0 Å². The Morgan fingerprint density at radius 3 is 2.40 bits per heavy atom. The van der Waals surface area contributed by atoms with E-state index in [1.165, 1.54) is 12.4 Å². The van der Waals surface area contributed by atoms with Gasteiger partial charge >= 0.3 is 0 Å². The van der Waals surface area contributed by atoms with Crippen molar-refractivity contribution in [3.05, 3.63) is 82.4 Å². The lowest BCUT2D eigenvalue weighted by Crippen LogP contribution is -2.14. The van der Waals surface area contributed by atoms with Crippen molar-refractivity contribution in [2.45, 2.75) is 0 Å². The Morgan fingerprint density at radius 1 is 1.08 bits per heavy atom. The number of nitrogens with one attached hydrogen (secondary N) is 1. The topological polar surface area (TPSA) is 98.0 Å². The first-order valence-electron chi connectivity index (χ1n) is 7.17. The van der Waals surface area contributed by atoms with E-state index in [0.717, 1.165) is 17.7 Å². The highest BCUT2D eigenvalue weighted by Crippen LogP contribution is 2.21. The summed E-state index contributed by atoms with van der Waals surface area (Å²) in [4.78, 5) is 30.7. The number of carbonyl (C=O) groups excluding carboxylic acids is 1. The lowest BCUT2D eigenvalue weighted by Gasteiger charge is -2.06. The molecule has 0 fully saturated rings. The van der Waals surface area contributed by atoms with E-state index in [-0.39, 0.29) is 11.3 Å². The molecule has 0 saturated heterocycles. The van der Waals surface area contributed by atoms with Gasteiger partial charge in [-0.05, 0) is 12.1 Å². The fraction of sp³-hybridized carbons (Fsp3) is 0. The monoisotopic (exact) mass is 338 g/mol. The average molecular weight is 338 g/mol. The molecule has 1 N–H and O–H groups in total. The van der Waals surface area contributed by atoms with Gasteiger partial charge in [0.05, 0.1) is 29.1 Å². The van der Waals surface area contributed by atoms with Gasteiger partial charge in [-0.2, -0.15) is 0 Å². The molecule has 0 aliphatic rings. The molecule has 25 heavy (non-hydrogen) atoms. The highest BCUT2D eigenvalue weighted by atomic mass is 19.1. The lowest BCUT2D eigenvalue weighted by atomic mass is 10.1. The molecule has 1 amide bonds. The molecule has 0 unspecified atom stereocenters. The molecule has 3 rings (SSSR count). The lowest BCUT2D eigenvalue weighted by molar-refractivity contribution is -0.385. The van der Waals surface area contributed by atoms with Crippen LogP contribution in [-0.4, -0.2) is 20.8 Å². The number of carbonyl (C=O) groups is 1. The molecule has 0 aliphatic carbocycles. The number of hydrogen-bond acceptors (Lipinski definition) is 5. The van der Waals surface area contributed by atoms with Crippen molar-refractivity contribution >= 4 is 17.3 Å². The number of amides is 1. The zero-order valence-electron chi connectivity index (χ0n) is 12.7. The molecule has 7 nitrogen and oxygen atoms in total. The molecule has 0 aliphatic heterocycles. The third-order valence-corrected chi connectivity index (χ3v) is 3.34. The normalized spacial score (nSPS) is 10.3. The predicted molar refractivity (Wildman–Crippen MR) is 88.5 cm³/mol. The third-order valence-electron chi connectivity index (χ3n) is 3.34. The number of benzene rings is 2. The summed E-state index contributed by atoms with van der Waals surface area (Å²) < 4.78 is 13.1. The smallest absolute Gasteiger partial charge is 0.285 e. The molecule has 0 atom stereocenters. The minimum Gasteiger partial charge on any atom is -0.319 e. The second-order valence-corrected chi connectivity index (χ2v) is 5.03. The van der Waals surface area contributed by atoms with E-state index >= 15 is 0 Å². The highest BCUT2D eigenvalue weighted by Gasteiger charge is 2.21. The molecule has 8 heteroatoms. The average Bonchev–Trinajstić information content (AvgIpc) is 2.63. The number of halogens is 1. The molecule has 124 valence electrons. The summed E-state index contributed by atoms with van der Waals surface area (Å²) in [5.41, 5.74) is 0.218. The first kappa shape index (κ1) is 16.2. The Kier molecular flexibility index (Phi) is 4.42. The molecule has 0 spiro atoms. The van der Waals surface area contributed by atoms with Gasteiger partial charge in [0.25, 0.3) is 11.6 Å². The first-order valence-corrected chi connectivity index (χ1v) is 7.17. The molecule has 3 aromatic rings. The van der Waals surface area contributed by atoms with E-state index in [4.69, 9.17) is 0 Å². The van der Waals surface area contributed by atoms with Crippen LogP contribution < -0.4 is 5.32 Å². The van der Waals surface area contributed by atoms with Gasteiger partial charge in [0.15, 0.2) is 5.82 Å². The highest BCUT2D eigenvalue weighted by molar-refractivity contribution is 6.06. The van der Waals surface area contributed by atoms with Crippen LogP contribution in [0.5, 0.6) is 0 Å². The van der Waals surface area contributed by atoms with Crippen LogP contribution >= 0.6 is 0 Å². The molecular formula is C17H11FN4O3. The number of aromatic nitrogens is 2. The number of nitro groups is 1. The quantitative estimate of drug-likeness (QED) is 0.580. The van der Waals surface area contributed by atoms with Gasteiger partial charge < -0.3 is 5.32 Å². The Balaban J connectivity index is 1.81. The van der Waals surface area contributed by atoms with Gasteiger partial charge in [0, 0.05) is 5.56 Å². The number of nitro benzene ring substituents is 1. The summed E-state index contributed by atoms with van der Waals surface area (Å²) in [7, 11) is 0. The second-order valence-electron chi connectivity index (χ2n) is 5.03. The Bertz CT molecular complexity index is 930. The van der Waals surface area contributed by atoms with Crippen LogP contribution in [0.3, 0.4) is 0 Å². The van der Waals surface area contributed by atoms with Crippen LogP contribution in [0.25, 0.3) is 11.4 Å². The van der Waals surface area contributed by atoms with E-state index in [1.54, 1.807) is 0 Å². The SMILES string of the molecule is O=C(Nc1cnc(-c2ccccc2)nc1)c1ccc(F)cc1[N+](=O)[O-]. The molecule has 0 saturated carbocycles. The molecule has 1 aromatic heterocycles. The zero-order chi connectivity index (χ0) is 17.8. The summed E-state index contributed by atoms with van der Waals surface area (Å²) in [6.07, 6.45) is 2.78. The van der Waals surface area contributed by atoms with Gasteiger partial charge in [-0.25, -0.2) is 14.4 Å². The summed E-state index contributed by atoms with van der Waals surface area (Å²) >= 11 is 0. The van der Waals surface area contributed by atoms with Crippen molar-refractivity contribution in [1.82, 2.24) is 9.97 Å². The largest absolute Gasteiger partial charge is 0.319 e. The maximum Gasteiger partial charge on any atom is 0.285 e. The van der Waals surface area contributed by atoms with Gasteiger partial charge in [0.2, 0.25) is 0 Å². The fourth-order valence-electron chi connectivity index (χ4n) is 2.18. The molecule has 1 heterocycles. The first-order chi connectivity index (χ1) is 12.0. The van der Waals surface area contributed by atoms with Crippen LogP contribution in [0.4, 0.5) is 15.8 Å². The molecule has 0 radical (unpaired) electrons. The Hall–Kier alpha value is -3.68. The molecule has 2 aromatic carbocycles. The van der Waals surface area contributed by atoms with E-state index in [2.05, 4.69) is 15.3 Å². The number of anilines is 1. The zero-order valence-corrected chi connectivity index (χ0v) is 12.7. The molecule has 0 bridgehead atoms. The maximum atomic E-state index is 13.1. The van der Waals surface area contributed by atoms with Crippen molar-refractivity contribution in [3.63, 3.8) is 0 Å². The Morgan fingerprint density at radius 2 is 1.76 bits per heavy atom. The van der Waals surface area contributed by atoms with Gasteiger partial charge in [-0.1, -0.05) is 30.3 Å². The van der Waals surface area contributed by atoms with Crippen LogP contribution in [0, 0.1) is 15.9 Å². The van der Waals surface area contributed by atoms with Gasteiger partial charge in [-0.3, -0.25) is 14.9 Å². The predicted octanol–water partition coefficient (Wildman–Crippen LogP) is 3.44. The Labute approximate surface area is 141 Å². The standard InChI is InChI=1S/C17H11FN4O3/c18-12-6-7-14(15(8-12)22(24)25)17(23)21-13-9-19-16(20-10-13)11-4-2-1-3-5-11/h1-10H,(H,21,23). The summed E-state index contributed by atoms with van der Waals surface area (Å²) in [5.74, 6) is -1.06. The van der Waals surface area contributed by atoms with Crippen LogP contribution in [0.2, 0.25) is 0 Å². The second kappa shape index (κ2) is 6.83. The minimum absolute atomic E-state index is 0.251. The van der Waals surface area contributed by atoms with Crippen LogP contribution in [0.1, 0.15) is 10.4 Å². The van der Waals surface area contributed by atoms with Crippen molar-refractivity contribution in [1.29, 1.82) is 0 Å².